The zero-order chi connectivity index (χ0) is 23.9. The summed E-state index contributed by atoms with van der Waals surface area (Å²) in [6.07, 6.45) is 0.842. The maximum Gasteiger partial charge on any atom is 0.446 e. The third-order valence-electron chi connectivity index (χ3n) is 6.15. The molecule has 1 fully saturated rings. The third kappa shape index (κ3) is 5.22. The lowest BCUT2D eigenvalue weighted by Crippen LogP contribution is -2.57. The molecule has 2 aromatic rings. The van der Waals surface area contributed by atoms with Crippen LogP contribution in [0, 0.1) is 5.92 Å². The van der Waals surface area contributed by atoms with E-state index in [4.69, 9.17) is 0 Å². The monoisotopic (exact) mass is 498 g/mol. The molecule has 1 heterocycles. The summed E-state index contributed by atoms with van der Waals surface area (Å²) in [6, 6.07) is 11.7. The molecule has 4 unspecified atom stereocenters. The lowest BCUT2D eigenvalue weighted by Gasteiger charge is -2.44. The number of aliphatic carboxylic acids is 1. The fourth-order valence-corrected chi connectivity index (χ4v) is 6.95. The third-order valence-corrected chi connectivity index (χ3v) is 8.75. The van der Waals surface area contributed by atoms with Gasteiger partial charge in [0.15, 0.2) is 0 Å². The first-order valence-corrected chi connectivity index (χ1v) is 12.6. The number of benzene rings is 2. The number of alkyl halides is 3. The van der Waals surface area contributed by atoms with Gasteiger partial charge in [0.1, 0.15) is 11.0 Å². The second kappa shape index (κ2) is 9.31. The number of rotatable bonds is 5. The minimum absolute atomic E-state index is 0.0775. The van der Waals surface area contributed by atoms with Gasteiger partial charge in [-0.2, -0.15) is 13.2 Å². The van der Waals surface area contributed by atoms with Gasteiger partial charge in [-0.1, -0.05) is 12.1 Å². The molecule has 10 heteroatoms. The highest BCUT2D eigenvalue weighted by Gasteiger charge is 2.37. The summed E-state index contributed by atoms with van der Waals surface area (Å²) in [5.74, 6) is -1.32. The van der Waals surface area contributed by atoms with E-state index in [0.717, 1.165) is 16.8 Å². The molecule has 2 aliphatic rings. The van der Waals surface area contributed by atoms with Gasteiger partial charge in [-0.15, -0.1) is 0 Å². The summed E-state index contributed by atoms with van der Waals surface area (Å²) in [6.45, 7) is 5.12. The summed E-state index contributed by atoms with van der Waals surface area (Å²) in [7, 11) is -1.44. The molecule has 0 bridgehead atoms. The van der Waals surface area contributed by atoms with Crippen molar-refractivity contribution in [1.82, 2.24) is 4.31 Å². The average molecular weight is 499 g/mol. The predicted octanol–water partition coefficient (Wildman–Crippen LogP) is 4.72. The Balaban J connectivity index is 1.49. The minimum Gasteiger partial charge on any atom is -0.481 e. The molecule has 0 spiro atoms. The van der Waals surface area contributed by atoms with Crippen LogP contribution in [0.15, 0.2) is 52.3 Å². The number of carbonyl (C=O) groups is 1. The summed E-state index contributed by atoms with van der Waals surface area (Å²) >= 11 is -0.133. The van der Waals surface area contributed by atoms with Crippen LogP contribution in [0.25, 0.3) is 0 Å². The number of carboxylic acids is 1. The second-order valence-electron chi connectivity index (χ2n) is 8.59. The van der Waals surface area contributed by atoms with Gasteiger partial charge in [0.05, 0.1) is 10.8 Å². The first kappa shape index (κ1) is 24.1. The normalized spacial score (nSPS) is 24.5. The fraction of sp³-hybridized carbons (Fsp3) is 0.435. The van der Waals surface area contributed by atoms with E-state index >= 15 is 0 Å². The van der Waals surface area contributed by atoms with Crippen molar-refractivity contribution in [3.8, 4) is 0 Å². The van der Waals surface area contributed by atoms with Crippen LogP contribution in [-0.4, -0.2) is 50.3 Å². The zero-order valence-electron chi connectivity index (χ0n) is 18.2. The van der Waals surface area contributed by atoms with Crippen molar-refractivity contribution in [3.63, 3.8) is 0 Å². The lowest BCUT2D eigenvalue weighted by molar-refractivity contribution is -0.141. The van der Waals surface area contributed by atoms with Crippen molar-refractivity contribution in [3.05, 3.63) is 53.6 Å². The fourth-order valence-electron chi connectivity index (χ4n) is 4.77. The molecular formula is C23H25F3N2O3S2. The first-order chi connectivity index (χ1) is 15.5. The number of halogens is 3. The van der Waals surface area contributed by atoms with E-state index in [0.29, 0.717) is 30.8 Å². The van der Waals surface area contributed by atoms with Crippen LogP contribution in [-0.2, 0) is 28.6 Å². The van der Waals surface area contributed by atoms with Gasteiger partial charge in [0.25, 0.3) is 0 Å². The molecule has 0 amide bonds. The maximum absolute atomic E-state index is 13.6. The van der Waals surface area contributed by atoms with Gasteiger partial charge in [0.2, 0.25) is 0 Å². The molecule has 0 radical (unpaired) electrons. The summed E-state index contributed by atoms with van der Waals surface area (Å²) in [4.78, 5) is 14.4. The number of nitrogens with zero attached hydrogens (tertiary/aromatic N) is 2. The van der Waals surface area contributed by atoms with Crippen LogP contribution >= 0.6 is 11.8 Å². The van der Waals surface area contributed by atoms with E-state index in [9.17, 15) is 27.3 Å². The van der Waals surface area contributed by atoms with Gasteiger partial charge in [0, 0.05) is 35.8 Å². The van der Waals surface area contributed by atoms with Gasteiger partial charge >= 0.3 is 11.5 Å². The average Bonchev–Trinajstić information content (AvgIpc) is 3.17. The van der Waals surface area contributed by atoms with Crippen LogP contribution < -0.4 is 4.90 Å². The van der Waals surface area contributed by atoms with Crippen LogP contribution in [0.2, 0.25) is 0 Å². The Morgan fingerprint density at radius 3 is 2.27 bits per heavy atom. The summed E-state index contributed by atoms with van der Waals surface area (Å²) < 4.78 is 53.4. The Labute approximate surface area is 197 Å². The molecule has 4 rings (SSSR count). The predicted molar refractivity (Wildman–Crippen MR) is 123 cm³/mol. The Kier molecular flexibility index (Phi) is 6.80. The molecule has 0 aromatic heterocycles. The van der Waals surface area contributed by atoms with Crippen LogP contribution in [0.5, 0.6) is 0 Å². The molecule has 4 atom stereocenters. The number of anilines is 1. The molecule has 5 nitrogen and oxygen atoms in total. The van der Waals surface area contributed by atoms with E-state index in [-0.39, 0.29) is 28.7 Å². The molecule has 2 aromatic carbocycles. The highest BCUT2D eigenvalue weighted by Crippen LogP contribution is 2.38. The van der Waals surface area contributed by atoms with Crippen molar-refractivity contribution >= 4 is 34.4 Å². The molecular weight excluding hydrogens is 473 g/mol. The Morgan fingerprint density at radius 1 is 1.06 bits per heavy atom. The van der Waals surface area contributed by atoms with Crippen LogP contribution in [0.4, 0.5) is 18.9 Å². The van der Waals surface area contributed by atoms with Crippen molar-refractivity contribution in [2.45, 2.75) is 54.1 Å². The summed E-state index contributed by atoms with van der Waals surface area (Å²) in [5.41, 5.74) is -1.66. The molecule has 1 aliphatic heterocycles. The van der Waals surface area contributed by atoms with Crippen LogP contribution in [0.3, 0.4) is 0 Å². The van der Waals surface area contributed by atoms with Crippen molar-refractivity contribution in [2.75, 3.05) is 18.0 Å². The molecule has 33 heavy (non-hydrogen) atoms. The minimum atomic E-state index is -4.32. The second-order valence-corrected chi connectivity index (χ2v) is 11.1. The molecule has 178 valence electrons. The van der Waals surface area contributed by atoms with Gasteiger partial charge < -0.3 is 10.0 Å². The Bertz CT molecular complexity index is 1050. The van der Waals surface area contributed by atoms with Crippen LogP contribution in [0.1, 0.15) is 25.0 Å². The first-order valence-electron chi connectivity index (χ1n) is 10.7. The van der Waals surface area contributed by atoms with E-state index < -0.39 is 28.4 Å². The lowest BCUT2D eigenvalue weighted by atomic mass is 10.1. The van der Waals surface area contributed by atoms with E-state index in [1.54, 1.807) is 12.1 Å². The van der Waals surface area contributed by atoms with Gasteiger partial charge in [-0.3, -0.25) is 4.79 Å². The molecule has 0 saturated carbocycles. The van der Waals surface area contributed by atoms with Gasteiger partial charge in [-0.05, 0) is 79.9 Å². The Hall–Kier alpha value is -2.04. The molecule has 1 N–H and O–H groups in total. The number of hydrogen-bond acceptors (Lipinski definition) is 4. The van der Waals surface area contributed by atoms with Crippen molar-refractivity contribution in [1.29, 1.82) is 0 Å². The summed E-state index contributed by atoms with van der Waals surface area (Å²) in [5, 5.41) is 9.41. The number of piperazine rings is 1. The maximum atomic E-state index is 13.6. The van der Waals surface area contributed by atoms with E-state index in [1.165, 1.54) is 12.1 Å². The zero-order valence-corrected chi connectivity index (χ0v) is 19.8. The largest absolute Gasteiger partial charge is 0.481 e. The van der Waals surface area contributed by atoms with Crippen molar-refractivity contribution < 1.29 is 27.3 Å². The topological polar surface area (TPSA) is 60.9 Å². The highest BCUT2D eigenvalue weighted by atomic mass is 32.2. The number of fused-ring (bicyclic) bond motifs is 1. The van der Waals surface area contributed by atoms with Gasteiger partial charge in [-0.25, -0.2) is 8.51 Å². The van der Waals surface area contributed by atoms with E-state index in [2.05, 4.69) is 4.90 Å². The standard InChI is InChI=1S/C23H25F3N2O3S2/c1-14-12-27(18-6-8-19(9-7-18)32-23(24,25)26)13-15(2)28(14)33(31)21-5-3-4-16-10-17(22(29)30)11-20(16)21/h3-9,14-15,17H,10-13H2,1-2H3,(H,29,30). The SMILES string of the molecule is CC1CN(c2ccc(SC(F)(F)F)cc2)CC(C)N1S(=O)c1cccc2c1CC(C(=O)O)C2. The van der Waals surface area contributed by atoms with Crippen molar-refractivity contribution in [2.24, 2.45) is 5.92 Å². The number of thioether (sulfide) groups is 1. The number of carboxylic acid groups (broad SMARTS) is 1. The molecule has 1 aliphatic carbocycles. The quantitative estimate of drug-likeness (QED) is 0.605. The van der Waals surface area contributed by atoms with E-state index in [1.807, 2.05) is 36.4 Å². The number of hydrogen-bond donors (Lipinski definition) is 1. The molecule has 1 saturated heterocycles. The smallest absolute Gasteiger partial charge is 0.446 e. The highest BCUT2D eigenvalue weighted by molar-refractivity contribution is 8.00. The Morgan fingerprint density at radius 2 is 1.70 bits per heavy atom.